The molecule has 0 saturated carbocycles. The number of anilines is 1. The minimum Gasteiger partial charge on any atom is -0.496 e. The monoisotopic (exact) mass is 509 g/mol. The summed E-state index contributed by atoms with van der Waals surface area (Å²) in [4.78, 5) is 44.1. The fourth-order valence-corrected chi connectivity index (χ4v) is 4.78. The molecule has 0 radical (unpaired) electrons. The molecule has 1 N–H and O–H groups in total. The Morgan fingerprint density at radius 3 is 2.53 bits per heavy atom. The lowest BCUT2D eigenvalue weighted by atomic mass is 10.1. The molecule has 36 heavy (non-hydrogen) atoms. The number of Topliss-reactive ketones (excluding diaryl/α,β-unsaturated/α-hetero) is 1. The van der Waals surface area contributed by atoms with Crippen LogP contribution in [0.4, 0.5) is 5.95 Å². The molecule has 2 aromatic carbocycles. The molecular formula is C25H24ClN5O5. The van der Waals surface area contributed by atoms with Crippen LogP contribution >= 0.6 is 11.6 Å². The molecule has 1 aliphatic rings. The van der Waals surface area contributed by atoms with Gasteiger partial charge in [-0.2, -0.15) is 4.98 Å². The highest BCUT2D eigenvalue weighted by Crippen LogP contribution is 2.25. The molecular weight excluding hydrogens is 486 g/mol. The van der Waals surface area contributed by atoms with Crippen molar-refractivity contribution < 1.29 is 19.4 Å². The van der Waals surface area contributed by atoms with Gasteiger partial charge in [-0.3, -0.25) is 9.59 Å². The normalized spacial score (nSPS) is 14.2. The zero-order valence-electron chi connectivity index (χ0n) is 19.6. The van der Waals surface area contributed by atoms with Crippen molar-refractivity contribution in [3.05, 3.63) is 62.9 Å². The Kier molecular flexibility index (Phi) is 6.36. The van der Waals surface area contributed by atoms with Gasteiger partial charge in [0.1, 0.15) is 17.9 Å². The minimum atomic E-state index is -1.20. The number of benzene rings is 2. The Labute approximate surface area is 210 Å². The number of ether oxygens (including phenoxy) is 1. The van der Waals surface area contributed by atoms with Crippen molar-refractivity contribution in [1.29, 1.82) is 0 Å². The largest absolute Gasteiger partial charge is 0.496 e. The summed E-state index contributed by atoms with van der Waals surface area (Å²) >= 11 is 6.15. The van der Waals surface area contributed by atoms with Gasteiger partial charge in [0.15, 0.2) is 5.78 Å². The Morgan fingerprint density at radius 1 is 1.08 bits per heavy atom. The number of aromatic nitrogens is 4. The maximum Gasteiger partial charge on any atom is 0.339 e. The molecule has 186 valence electrons. The summed E-state index contributed by atoms with van der Waals surface area (Å²) in [6.07, 6.45) is 4.27. The third-order valence-corrected chi connectivity index (χ3v) is 6.64. The van der Waals surface area contributed by atoms with Gasteiger partial charge in [-0.15, -0.1) is 5.10 Å². The van der Waals surface area contributed by atoms with Gasteiger partial charge in [0.25, 0.3) is 5.56 Å². The number of ketones is 1. The third kappa shape index (κ3) is 4.28. The van der Waals surface area contributed by atoms with Gasteiger partial charge in [0.05, 0.1) is 18.0 Å². The van der Waals surface area contributed by atoms with E-state index in [0.717, 1.165) is 38.8 Å². The Bertz CT molecular complexity index is 1550. The zero-order valence-corrected chi connectivity index (χ0v) is 20.4. The SMILES string of the molecule is COc1ccc(C(=O)Cn2nc(N3CCCCCC3)n3c4ccc(Cl)cc4c(=O)nc23)cc1C(=O)O. The van der Waals surface area contributed by atoms with Gasteiger partial charge >= 0.3 is 5.97 Å². The van der Waals surface area contributed by atoms with Crippen LogP contribution in [0.2, 0.25) is 5.02 Å². The fraction of sp³-hybridized carbons (Fsp3) is 0.320. The molecule has 0 bridgehead atoms. The summed E-state index contributed by atoms with van der Waals surface area (Å²) < 4.78 is 8.29. The molecule has 1 saturated heterocycles. The molecule has 10 nitrogen and oxygen atoms in total. The number of aromatic carboxylic acids is 1. The molecule has 0 aliphatic carbocycles. The molecule has 3 heterocycles. The fourth-order valence-electron chi connectivity index (χ4n) is 4.61. The number of carboxylic acids is 1. The Balaban J connectivity index is 1.64. The lowest BCUT2D eigenvalue weighted by Crippen LogP contribution is -2.26. The van der Waals surface area contributed by atoms with Gasteiger partial charge in [-0.25, -0.2) is 13.9 Å². The molecule has 0 atom stereocenters. The molecule has 4 aromatic rings. The summed E-state index contributed by atoms with van der Waals surface area (Å²) in [6, 6.07) is 9.27. The Morgan fingerprint density at radius 2 is 1.83 bits per heavy atom. The van der Waals surface area contributed by atoms with Gasteiger partial charge in [-0.1, -0.05) is 24.4 Å². The number of halogens is 1. The number of carbonyl (C=O) groups excluding carboxylic acids is 1. The molecule has 11 heteroatoms. The highest BCUT2D eigenvalue weighted by Gasteiger charge is 2.23. The van der Waals surface area contributed by atoms with Gasteiger partial charge in [0, 0.05) is 23.7 Å². The van der Waals surface area contributed by atoms with E-state index in [1.807, 2.05) is 0 Å². The molecule has 2 aromatic heterocycles. The quantitative estimate of drug-likeness (QED) is 0.391. The van der Waals surface area contributed by atoms with Crippen molar-refractivity contribution in [2.24, 2.45) is 0 Å². The van der Waals surface area contributed by atoms with Crippen molar-refractivity contribution in [3.8, 4) is 5.75 Å². The van der Waals surface area contributed by atoms with Crippen molar-refractivity contribution in [3.63, 3.8) is 0 Å². The Hall–Kier alpha value is -3.92. The highest BCUT2D eigenvalue weighted by atomic mass is 35.5. The van der Waals surface area contributed by atoms with Crippen LogP contribution in [-0.4, -0.2) is 56.2 Å². The van der Waals surface area contributed by atoms with Gasteiger partial charge in [0.2, 0.25) is 11.7 Å². The number of hydrogen-bond acceptors (Lipinski definition) is 7. The van der Waals surface area contributed by atoms with Crippen LogP contribution in [-0.2, 0) is 6.54 Å². The average Bonchev–Trinajstić information content (AvgIpc) is 3.03. The summed E-state index contributed by atoms with van der Waals surface area (Å²) in [5.41, 5.74) is 0.204. The highest BCUT2D eigenvalue weighted by molar-refractivity contribution is 6.31. The van der Waals surface area contributed by atoms with E-state index in [0.29, 0.717) is 21.9 Å². The predicted molar refractivity (Wildman–Crippen MR) is 135 cm³/mol. The second-order valence-corrected chi connectivity index (χ2v) is 9.15. The van der Waals surface area contributed by atoms with Crippen LogP contribution in [0.3, 0.4) is 0 Å². The minimum absolute atomic E-state index is 0.115. The molecule has 0 unspecified atom stereocenters. The van der Waals surface area contributed by atoms with Crippen molar-refractivity contribution in [2.75, 3.05) is 25.1 Å². The van der Waals surface area contributed by atoms with E-state index in [2.05, 4.69) is 9.88 Å². The number of carboxylic acid groups (broad SMARTS) is 1. The number of carbonyl (C=O) groups is 2. The van der Waals surface area contributed by atoms with E-state index >= 15 is 0 Å². The van der Waals surface area contributed by atoms with Crippen LogP contribution in [0.5, 0.6) is 5.75 Å². The third-order valence-electron chi connectivity index (χ3n) is 6.41. The van der Waals surface area contributed by atoms with E-state index in [1.54, 1.807) is 22.6 Å². The smallest absolute Gasteiger partial charge is 0.339 e. The van der Waals surface area contributed by atoms with Crippen molar-refractivity contribution in [1.82, 2.24) is 19.2 Å². The lowest BCUT2D eigenvalue weighted by molar-refractivity contribution is 0.0693. The van der Waals surface area contributed by atoms with Crippen LogP contribution in [0.15, 0.2) is 41.2 Å². The van der Waals surface area contributed by atoms with E-state index in [1.165, 1.54) is 30.0 Å². The predicted octanol–water partition coefficient (Wildman–Crippen LogP) is 3.67. The lowest BCUT2D eigenvalue weighted by Gasteiger charge is -2.20. The van der Waals surface area contributed by atoms with Crippen LogP contribution in [0.1, 0.15) is 46.4 Å². The molecule has 5 rings (SSSR count). The van der Waals surface area contributed by atoms with Crippen LogP contribution in [0, 0.1) is 0 Å². The van der Waals surface area contributed by atoms with Crippen molar-refractivity contribution in [2.45, 2.75) is 32.2 Å². The molecule has 1 fully saturated rings. The first-order chi connectivity index (χ1) is 17.4. The second-order valence-electron chi connectivity index (χ2n) is 8.72. The summed E-state index contributed by atoms with van der Waals surface area (Å²) in [7, 11) is 1.37. The van der Waals surface area contributed by atoms with Gasteiger partial charge in [-0.05, 0) is 49.2 Å². The standard InChI is InChI=1S/C25H24ClN5O5/c1-36-21-9-6-15(12-18(21)23(34)35)20(32)14-30-24-27-22(33)17-13-16(26)7-8-19(17)31(24)25(28-30)29-10-4-2-3-5-11-29/h6-9,12-13H,2-5,10-11,14H2,1H3,(H,34,35). The number of fused-ring (bicyclic) bond motifs is 3. The number of nitrogens with zero attached hydrogens (tertiary/aromatic N) is 5. The molecule has 0 spiro atoms. The second kappa shape index (κ2) is 9.62. The molecule has 1 aliphatic heterocycles. The summed E-state index contributed by atoms with van der Waals surface area (Å²) in [5.74, 6) is -0.592. The van der Waals surface area contributed by atoms with E-state index in [-0.39, 0.29) is 35.0 Å². The topological polar surface area (TPSA) is 119 Å². The number of methoxy groups -OCH3 is 1. The van der Waals surface area contributed by atoms with Crippen LogP contribution < -0.4 is 15.2 Å². The summed E-state index contributed by atoms with van der Waals surface area (Å²) in [5, 5.41) is 15.0. The maximum absolute atomic E-state index is 13.2. The van der Waals surface area contributed by atoms with Crippen LogP contribution in [0.25, 0.3) is 16.7 Å². The van der Waals surface area contributed by atoms with E-state index in [4.69, 9.17) is 21.4 Å². The van der Waals surface area contributed by atoms with E-state index in [9.17, 15) is 19.5 Å². The van der Waals surface area contributed by atoms with Gasteiger partial charge < -0.3 is 14.7 Å². The summed E-state index contributed by atoms with van der Waals surface area (Å²) in [6.45, 7) is 1.36. The first kappa shape index (κ1) is 23.8. The van der Waals surface area contributed by atoms with E-state index < -0.39 is 11.5 Å². The first-order valence-corrected chi connectivity index (χ1v) is 12.0. The molecule has 0 amide bonds. The van der Waals surface area contributed by atoms with Crippen molar-refractivity contribution >= 4 is 46.0 Å². The number of hydrogen-bond donors (Lipinski definition) is 1. The zero-order chi connectivity index (χ0) is 25.4. The maximum atomic E-state index is 13.2. The number of rotatable bonds is 6. The first-order valence-electron chi connectivity index (χ1n) is 11.7. The average molecular weight is 510 g/mol.